The molecule has 1 aliphatic heterocycles. The molecule has 6 heteroatoms. The van der Waals surface area contributed by atoms with Crippen molar-refractivity contribution in [2.45, 2.75) is 32.4 Å². The number of amides is 1. The van der Waals surface area contributed by atoms with Crippen LogP contribution in [0.5, 0.6) is 0 Å². The van der Waals surface area contributed by atoms with E-state index >= 15 is 0 Å². The molecule has 2 aromatic rings. The fourth-order valence-electron chi connectivity index (χ4n) is 2.81. The fourth-order valence-corrected chi connectivity index (χ4v) is 3.62. The molecule has 1 amide bonds. The third-order valence-electron chi connectivity index (χ3n) is 4.31. The van der Waals surface area contributed by atoms with Crippen LogP contribution in [0, 0.1) is 5.82 Å². The highest BCUT2D eigenvalue weighted by Gasteiger charge is 2.28. The lowest BCUT2D eigenvalue weighted by atomic mass is 10.1. The first-order valence-electron chi connectivity index (χ1n) is 7.78. The highest BCUT2D eigenvalue weighted by atomic mass is 32.1. The average Bonchev–Trinajstić information content (AvgIpc) is 2.98. The third-order valence-corrected chi connectivity index (χ3v) is 5.25. The maximum atomic E-state index is 13.3. The molecule has 4 nitrogen and oxygen atoms in total. The number of nitrogens with one attached hydrogen (secondary N) is 1. The van der Waals surface area contributed by atoms with Crippen molar-refractivity contribution >= 4 is 17.2 Å². The average molecular weight is 333 g/mol. The Labute approximate surface area is 139 Å². The lowest BCUT2D eigenvalue weighted by Gasteiger charge is -2.38. The number of hydrogen-bond donors (Lipinski definition) is 1. The monoisotopic (exact) mass is 333 g/mol. The van der Waals surface area contributed by atoms with Crippen LogP contribution < -0.4 is 5.32 Å². The van der Waals surface area contributed by atoms with Gasteiger partial charge in [-0.15, -0.1) is 11.3 Å². The predicted molar refractivity (Wildman–Crippen MR) is 89.9 cm³/mol. The summed E-state index contributed by atoms with van der Waals surface area (Å²) in [5, 5.41) is 6.00. The summed E-state index contributed by atoms with van der Waals surface area (Å²) in [5.41, 5.74) is 1.50. The number of rotatable bonds is 3. The Morgan fingerprint density at radius 3 is 3.09 bits per heavy atom. The third kappa shape index (κ3) is 3.59. The number of carbonyl (C=O) groups excluding carboxylic acids is 1. The second kappa shape index (κ2) is 6.76. The van der Waals surface area contributed by atoms with Gasteiger partial charge in [0.2, 0.25) is 5.91 Å². The molecule has 1 fully saturated rings. The van der Waals surface area contributed by atoms with Crippen molar-refractivity contribution in [1.29, 1.82) is 0 Å². The maximum Gasteiger partial charge on any atom is 0.228 e. The summed E-state index contributed by atoms with van der Waals surface area (Å²) in [6, 6.07) is 6.84. The lowest BCUT2D eigenvalue weighted by molar-refractivity contribution is -0.134. The van der Waals surface area contributed by atoms with Crippen LogP contribution >= 0.6 is 11.3 Å². The van der Waals surface area contributed by atoms with Crippen molar-refractivity contribution in [3.05, 3.63) is 41.2 Å². The summed E-state index contributed by atoms with van der Waals surface area (Å²) in [7, 11) is 0. The Balaban J connectivity index is 1.70. The second-order valence-corrected chi connectivity index (χ2v) is 6.76. The number of aromatic nitrogens is 1. The molecule has 1 aromatic carbocycles. The van der Waals surface area contributed by atoms with E-state index < -0.39 is 0 Å². The van der Waals surface area contributed by atoms with E-state index in [1.807, 2.05) is 16.3 Å². The summed E-state index contributed by atoms with van der Waals surface area (Å²) in [4.78, 5) is 18.9. The van der Waals surface area contributed by atoms with Crippen molar-refractivity contribution in [2.24, 2.45) is 0 Å². The molecule has 0 spiro atoms. The first kappa shape index (κ1) is 16.1. The Bertz CT molecular complexity index is 703. The first-order valence-corrected chi connectivity index (χ1v) is 8.66. The molecule has 0 bridgehead atoms. The molecule has 2 atom stereocenters. The van der Waals surface area contributed by atoms with Gasteiger partial charge in [-0.3, -0.25) is 4.79 Å². The van der Waals surface area contributed by atoms with Gasteiger partial charge in [-0.05, 0) is 26.0 Å². The zero-order valence-electron chi connectivity index (χ0n) is 13.3. The molecule has 23 heavy (non-hydrogen) atoms. The largest absolute Gasteiger partial charge is 0.337 e. The number of carbonyl (C=O) groups is 1. The van der Waals surface area contributed by atoms with Crippen LogP contribution in [-0.2, 0) is 11.2 Å². The van der Waals surface area contributed by atoms with Crippen LogP contribution in [0.25, 0.3) is 10.6 Å². The number of halogens is 1. The van der Waals surface area contributed by atoms with E-state index in [-0.39, 0.29) is 17.8 Å². The molecular formula is C17H20FN3OS. The van der Waals surface area contributed by atoms with Gasteiger partial charge in [0, 0.05) is 36.1 Å². The number of nitrogens with zero attached hydrogens (tertiary/aromatic N) is 2. The molecule has 0 radical (unpaired) electrons. The van der Waals surface area contributed by atoms with E-state index in [0.717, 1.165) is 29.4 Å². The van der Waals surface area contributed by atoms with Crippen LogP contribution in [0.3, 0.4) is 0 Å². The normalized spacial score (nSPS) is 21.4. The van der Waals surface area contributed by atoms with E-state index in [1.165, 1.54) is 23.5 Å². The zero-order chi connectivity index (χ0) is 16.4. The smallest absolute Gasteiger partial charge is 0.228 e. The van der Waals surface area contributed by atoms with Gasteiger partial charge in [-0.1, -0.05) is 12.1 Å². The highest BCUT2D eigenvalue weighted by Crippen LogP contribution is 2.25. The topological polar surface area (TPSA) is 45.2 Å². The van der Waals surface area contributed by atoms with Crippen molar-refractivity contribution < 1.29 is 9.18 Å². The van der Waals surface area contributed by atoms with Crippen molar-refractivity contribution in [3.8, 4) is 10.6 Å². The highest BCUT2D eigenvalue weighted by molar-refractivity contribution is 7.13. The Morgan fingerprint density at radius 1 is 1.48 bits per heavy atom. The van der Waals surface area contributed by atoms with E-state index in [4.69, 9.17) is 0 Å². The van der Waals surface area contributed by atoms with Gasteiger partial charge < -0.3 is 10.2 Å². The predicted octanol–water partition coefficient (Wildman–Crippen LogP) is 2.70. The molecule has 3 rings (SSSR count). The van der Waals surface area contributed by atoms with E-state index in [2.05, 4.69) is 24.1 Å². The minimum Gasteiger partial charge on any atom is -0.337 e. The van der Waals surface area contributed by atoms with Crippen LogP contribution in [0.15, 0.2) is 29.6 Å². The van der Waals surface area contributed by atoms with Crippen molar-refractivity contribution in [2.75, 3.05) is 13.1 Å². The summed E-state index contributed by atoms with van der Waals surface area (Å²) in [6.45, 7) is 5.71. The fraction of sp³-hybridized carbons (Fsp3) is 0.412. The molecule has 1 N–H and O–H groups in total. The maximum absolute atomic E-state index is 13.3. The molecule has 1 saturated heterocycles. The minimum atomic E-state index is -0.279. The quantitative estimate of drug-likeness (QED) is 0.939. The van der Waals surface area contributed by atoms with Crippen LogP contribution in [0.2, 0.25) is 0 Å². The van der Waals surface area contributed by atoms with Gasteiger partial charge in [0.05, 0.1) is 12.1 Å². The second-order valence-electron chi connectivity index (χ2n) is 5.90. The van der Waals surface area contributed by atoms with Crippen molar-refractivity contribution in [1.82, 2.24) is 15.2 Å². The molecule has 1 aliphatic rings. The van der Waals surface area contributed by atoms with Gasteiger partial charge in [-0.2, -0.15) is 0 Å². The first-order chi connectivity index (χ1) is 11.0. The number of benzene rings is 1. The van der Waals surface area contributed by atoms with Gasteiger partial charge in [0.15, 0.2) is 0 Å². The Kier molecular flexibility index (Phi) is 4.73. The van der Waals surface area contributed by atoms with Gasteiger partial charge in [-0.25, -0.2) is 9.37 Å². The minimum absolute atomic E-state index is 0.0990. The summed E-state index contributed by atoms with van der Waals surface area (Å²) in [6.07, 6.45) is 0.295. The Hall–Kier alpha value is -1.79. The summed E-state index contributed by atoms with van der Waals surface area (Å²) >= 11 is 1.44. The molecule has 2 heterocycles. The summed E-state index contributed by atoms with van der Waals surface area (Å²) < 4.78 is 13.3. The van der Waals surface area contributed by atoms with Crippen LogP contribution in [0.4, 0.5) is 4.39 Å². The molecule has 1 aromatic heterocycles. The summed E-state index contributed by atoms with van der Waals surface area (Å²) in [5.74, 6) is -0.180. The zero-order valence-corrected chi connectivity index (χ0v) is 14.1. The standard InChI is InChI=1S/C17H20FN3OS/c1-11-12(2)21(7-6-19-11)16(22)9-15-10-23-17(20-15)13-4-3-5-14(18)8-13/h3-5,8,10-12,19H,6-7,9H2,1-2H3. The van der Waals surface area contributed by atoms with E-state index in [0.29, 0.717) is 12.5 Å². The van der Waals surface area contributed by atoms with Gasteiger partial charge in [0.1, 0.15) is 10.8 Å². The van der Waals surface area contributed by atoms with Crippen molar-refractivity contribution in [3.63, 3.8) is 0 Å². The molecule has 122 valence electrons. The van der Waals surface area contributed by atoms with E-state index in [9.17, 15) is 9.18 Å². The molecular weight excluding hydrogens is 313 g/mol. The number of hydrogen-bond acceptors (Lipinski definition) is 4. The van der Waals surface area contributed by atoms with Gasteiger partial charge >= 0.3 is 0 Å². The Morgan fingerprint density at radius 2 is 2.30 bits per heavy atom. The molecule has 0 aliphatic carbocycles. The van der Waals surface area contributed by atoms with Crippen LogP contribution in [0.1, 0.15) is 19.5 Å². The van der Waals surface area contributed by atoms with Crippen LogP contribution in [-0.4, -0.2) is 41.0 Å². The number of thiazole rings is 1. The molecule has 0 saturated carbocycles. The van der Waals surface area contributed by atoms with E-state index in [1.54, 1.807) is 6.07 Å². The molecule has 2 unspecified atom stereocenters. The number of piperazine rings is 1. The van der Waals surface area contributed by atoms with Gasteiger partial charge in [0.25, 0.3) is 0 Å². The SMILES string of the molecule is CC1NCCN(C(=O)Cc2csc(-c3cccc(F)c3)n2)C1C. The lowest BCUT2D eigenvalue weighted by Crippen LogP contribution is -2.57.